The molecule has 0 saturated carbocycles. The number of esters is 1. The Morgan fingerprint density at radius 2 is 2.18 bits per heavy atom. The molecule has 2 atom stereocenters. The van der Waals surface area contributed by atoms with Gasteiger partial charge in [-0.3, -0.25) is 9.59 Å². The molecule has 1 rings (SSSR count). The Morgan fingerprint density at radius 3 is 2.65 bits per heavy atom. The number of hydrogen-bond donors (Lipinski definition) is 0. The maximum atomic E-state index is 11.9. The van der Waals surface area contributed by atoms with Crippen molar-refractivity contribution in [3.63, 3.8) is 0 Å². The molecule has 1 aliphatic rings. The van der Waals surface area contributed by atoms with Crippen LogP contribution in [0, 0.1) is 5.41 Å². The van der Waals surface area contributed by atoms with E-state index < -0.39 is 5.41 Å². The molecule has 0 N–H and O–H groups in total. The molecule has 0 aliphatic carbocycles. The van der Waals surface area contributed by atoms with Gasteiger partial charge in [-0.2, -0.15) is 0 Å². The highest BCUT2D eigenvalue weighted by molar-refractivity contribution is 6.18. The molecule has 1 heterocycles. The molecular weight excluding hydrogens is 240 g/mol. The molecule has 1 saturated heterocycles. The predicted octanol–water partition coefficient (Wildman–Crippen LogP) is 3.09. The highest BCUT2D eigenvalue weighted by Crippen LogP contribution is 2.40. The molecule has 17 heavy (non-hydrogen) atoms. The summed E-state index contributed by atoms with van der Waals surface area (Å²) in [6.45, 7) is 3.62. The first-order chi connectivity index (χ1) is 8.06. The highest BCUT2D eigenvalue weighted by atomic mass is 35.5. The molecule has 0 radical (unpaired) electrons. The van der Waals surface area contributed by atoms with Crippen molar-refractivity contribution in [2.45, 2.75) is 58.5 Å². The minimum atomic E-state index is -0.909. The van der Waals surface area contributed by atoms with E-state index in [1.54, 1.807) is 0 Å². The Kier molecular flexibility index (Phi) is 5.44. The van der Waals surface area contributed by atoms with Crippen LogP contribution in [0.2, 0.25) is 0 Å². The average Bonchev–Trinajstić information content (AvgIpc) is 2.63. The van der Waals surface area contributed by atoms with Gasteiger partial charge in [0.25, 0.3) is 0 Å². The first kappa shape index (κ1) is 14.5. The molecule has 4 heteroatoms. The van der Waals surface area contributed by atoms with Gasteiger partial charge in [0, 0.05) is 6.42 Å². The van der Waals surface area contributed by atoms with Crippen molar-refractivity contribution in [1.82, 2.24) is 0 Å². The molecular formula is C13H21ClO3. The summed E-state index contributed by atoms with van der Waals surface area (Å²) < 4.78 is 5.15. The third-order valence-electron chi connectivity index (χ3n) is 3.54. The second-order valence-corrected chi connectivity index (χ2v) is 5.14. The van der Waals surface area contributed by atoms with Crippen molar-refractivity contribution in [2.75, 3.05) is 5.88 Å². The second kappa shape index (κ2) is 6.39. The first-order valence-electron chi connectivity index (χ1n) is 6.35. The summed E-state index contributed by atoms with van der Waals surface area (Å²) in [5.41, 5.74) is -0.909. The number of carbonyl (C=O) groups is 2. The molecule has 2 unspecified atom stereocenters. The minimum absolute atomic E-state index is 0.0772. The lowest BCUT2D eigenvalue weighted by Crippen LogP contribution is -2.34. The summed E-state index contributed by atoms with van der Waals surface area (Å²) in [7, 11) is 0. The van der Waals surface area contributed by atoms with Gasteiger partial charge in [-0.15, -0.1) is 11.6 Å². The van der Waals surface area contributed by atoms with Crippen LogP contribution < -0.4 is 0 Å². The van der Waals surface area contributed by atoms with E-state index in [0.717, 1.165) is 25.7 Å². The van der Waals surface area contributed by atoms with E-state index in [1.807, 2.05) is 0 Å². The number of hydrogen-bond acceptors (Lipinski definition) is 3. The summed E-state index contributed by atoms with van der Waals surface area (Å²) in [5, 5.41) is 0. The smallest absolute Gasteiger partial charge is 0.320 e. The van der Waals surface area contributed by atoms with Gasteiger partial charge in [0.2, 0.25) is 0 Å². The van der Waals surface area contributed by atoms with E-state index in [2.05, 4.69) is 6.92 Å². The number of alkyl halides is 1. The molecule has 0 aromatic rings. The number of halogens is 1. The fraction of sp³-hybridized carbons (Fsp3) is 0.846. The van der Waals surface area contributed by atoms with Gasteiger partial charge in [0.15, 0.2) is 0 Å². The zero-order valence-electron chi connectivity index (χ0n) is 10.6. The van der Waals surface area contributed by atoms with E-state index in [0.29, 0.717) is 12.8 Å². The maximum Gasteiger partial charge on any atom is 0.320 e. The summed E-state index contributed by atoms with van der Waals surface area (Å²) in [4.78, 5) is 23.6. The molecule has 3 nitrogen and oxygen atoms in total. The van der Waals surface area contributed by atoms with E-state index in [9.17, 15) is 9.59 Å². The topological polar surface area (TPSA) is 43.4 Å². The Morgan fingerprint density at radius 1 is 1.47 bits per heavy atom. The van der Waals surface area contributed by atoms with E-state index >= 15 is 0 Å². The number of rotatable bonds is 7. The fourth-order valence-electron chi connectivity index (χ4n) is 2.39. The zero-order chi connectivity index (χ0) is 12.9. The van der Waals surface area contributed by atoms with E-state index in [-0.39, 0.29) is 23.7 Å². The number of ether oxygens (including phenoxy) is 1. The summed E-state index contributed by atoms with van der Waals surface area (Å²) in [5.74, 6) is -0.172. The van der Waals surface area contributed by atoms with Crippen molar-refractivity contribution in [3.05, 3.63) is 0 Å². The summed E-state index contributed by atoms with van der Waals surface area (Å²) in [6.07, 6.45) is 5.01. The largest absolute Gasteiger partial charge is 0.460 e. The van der Waals surface area contributed by atoms with Crippen molar-refractivity contribution in [2.24, 2.45) is 5.41 Å². The van der Waals surface area contributed by atoms with Gasteiger partial charge in [-0.05, 0) is 13.3 Å². The van der Waals surface area contributed by atoms with Crippen LogP contribution in [-0.2, 0) is 14.3 Å². The van der Waals surface area contributed by atoms with Crippen molar-refractivity contribution >= 4 is 23.4 Å². The van der Waals surface area contributed by atoms with Gasteiger partial charge in [-0.1, -0.05) is 32.6 Å². The van der Waals surface area contributed by atoms with Crippen LogP contribution in [0.4, 0.5) is 0 Å². The Bertz CT molecular complexity index is 290. The van der Waals surface area contributed by atoms with Crippen molar-refractivity contribution < 1.29 is 14.3 Å². The number of carbonyl (C=O) groups excluding carboxylic acids is 2. The Hall–Kier alpha value is -0.570. The van der Waals surface area contributed by atoms with Crippen LogP contribution in [0.3, 0.4) is 0 Å². The maximum absolute atomic E-state index is 11.9. The van der Waals surface area contributed by atoms with E-state index in [1.165, 1.54) is 6.92 Å². The lowest BCUT2D eigenvalue weighted by Gasteiger charge is -2.21. The van der Waals surface area contributed by atoms with Gasteiger partial charge >= 0.3 is 5.97 Å². The molecule has 0 aromatic heterocycles. The van der Waals surface area contributed by atoms with Crippen LogP contribution in [0.15, 0.2) is 0 Å². The molecule has 0 aromatic carbocycles. The third kappa shape index (κ3) is 3.21. The van der Waals surface area contributed by atoms with Crippen LogP contribution in [0.1, 0.15) is 52.4 Å². The average molecular weight is 261 g/mol. The normalized spacial score (nSPS) is 28.2. The number of Topliss-reactive ketones (excluding diaryl/α,β-unsaturated/α-hetero) is 1. The van der Waals surface area contributed by atoms with Crippen molar-refractivity contribution in [3.8, 4) is 0 Å². The molecule has 0 amide bonds. The fourth-order valence-corrected chi connectivity index (χ4v) is 2.56. The van der Waals surface area contributed by atoms with Crippen LogP contribution >= 0.6 is 11.6 Å². The second-order valence-electron chi connectivity index (χ2n) is 4.83. The zero-order valence-corrected chi connectivity index (χ0v) is 11.4. The van der Waals surface area contributed by atoms with Gasteiger partial charge in [0.05, 0.1) is 5.88 Å². The van der Waals surface area contributed by atoms with Crippen molar-refractivity contribution in [1.29, 1.82) is 0 Å². The molecule has 0 bridgehead atoms. The molecule has 0 spiro atoms. The standard InChI is InChI=1S/C13H21ClO3/c1-3-4-5-6-7-13(10(2)15)8-11(9-14)17-12(13)16/h11H,3-9H2,1-2H3. The van der Waals surface area contributed by atoms with Gasteiger partial charge in [-0.25, -0.2) is 0 Å². The number of ketones is 1. The number of cyclic esters (lactones) is 1. The van der Waals surface area contributed by atoms with E-state index in [4.69, 9.17) is 16.3 Å². The third-order valence-corrected chi connectivity index (χ3v) is 3.89. The molecule has 1 fully saturated rings. The monoisotopic (exact) mass is 260 g/mol. The lowest BCUT2D eigenvalue weighted by molar-refractivity contribution is -0.152. The minimum Gasteiger partial charge on any atom is -0.460 e. The summed E-state index contributed by atoms with van der Waals surface area (Å²) >= 11 is 5.70. The SMILES string of the molecule is CCCCCCC1(C(C)=O)CC(CCl)OC1=O. The first-order valence-corrected chi connectivity index (χ1v) is 6.88. The lowest BCUT2D eigenvalue weighted by atomic mass is 9.76. The van der Waals surface area contributed by atoms with Gasteiger partial charge < -0.3 is 4.74 Å². The predicted molar refractivity (Wildman–Crippen MR) is 67.1 cm³/mol. The van der Waals surface area contributed by atoms with Crippen LogP contribution in [0.5, 0.6) is 0 Å². The number of unbranched alkanes of at least 4 members (excludes halogenated alkanes) is 3. The Balaban J connectivity index is 2.63. The Labute approximate surface area is 108 Å². The van der Waals surface area contributed by atoms with Gasteiger partial charge in [0.1, 0.15) is 17.3 Å². The van der Waals surface area contributed by atoms with Crippen LogP contribution in [-0.4, -0.2) is 23.7 Å². The quantitative estimate of drug-likeness (QED) is 0.306. The summed E-state index contributed by atoms with van der Waals surface area (Å²) in [6, 6.07) is 0. The van der Waals surface area contributed by atoms with Crippen LogP contribution in [0.25, 0.3) is 0 Å². The highest BCUT2D eigenvalue weighted by Gasteiger charge is 2.51. The molecule has 1 aliphatic heterocycles. The molecule has 98 valence electrons.